The van der Waals surface area contributed by atoms with Crippen LogP contribution in [0.1, 0.15) is 87.7 Å². The molecule has 0 spiro atoms. The maximum atomic E-state index is 13.9. The lowest BCUT2D eigenvalue weighted by Gasteiger charge is -2.42. The third-order valence-electron chi connectivity index (χ3n) is 9.75. The van der Waals surface area contributed by atoms with Crippen LogP contribution in [0.2, 0.25) is 0 Å². The van der Waals surface area contributed by atoms with Gasteiger partial charge in [0.2, 0.25) is 11.7 Å². The van der Waals surface area contributed by atoms with Gasteiger partial charge in [0.1, 0.15) is 34.7 Å². The van der Waals surface area contributed by atoms with Crippen molar-refractivity contribution in [3.8, 4) is 23.0 Å². The number of aryl methyl sites for hydroxylation is 1. The number of carbonyl (C=O) groups is 4. The van der Waals surface area contributed by atoms with Crippen molar-refractivity contribution >= 4 is 45.8 Å². The van der Waals surface area contributed by atoms with E-state index in [9.17, 15) is 44.7 Å². The Morgan fingerprint density at radius 1 is 1.06 bits per heavy atom. The number of aliphatic hydroxyl groups excluding tert-OH is 1. The maximum Gasteiger partial charge on any atom is 0.220 e. The molecule has 0 radical (unpaired) electrons. The summed E-state index contributed by atoms with van der Waals surface area (Å²) in [4.78, 5) is 53.3. The highest BCUT2D eigenvalue weighted by Crippen LogP contribution is 2.52. The average Bonchev–Trinajstić information content (AvgIpc) is 3.07. The molecule has 6 N–H and O–H groups in total. The number of ketones is 3. The Labute approximate surface area is 300 Å². The van der Waals surface area contributed by atoms with E-state index in [1.807, 2.05) is 22.6 Å². The van der Waals surface area contributed by atoms with Crippen LogP contribution in [0.5, 0.6) is 23.0 Å². The topological polar surface area (TPSA) is 209 Å². The summed E-state index contributed by atoms with van der Waals surface area (Å²) < 4.78 is 18.2. The highest BCUT2D eigenvalue weighted by molar-refractivity contribution is 14.1. The van der Waals surface area contributed by atoms with Gasteiger partial charge < -0.3 is 45.1 Å². The molecular weight excluding hydrogens is 765 g/mol. The Hall–Kier alpha value is -4.09. The average molecular weight is 802 g/mol. The first-order valence-electron chi connectivity index (χ1n) is 16.0. The summed E-state index contributed by atoms with van der Waals surface area (Å²) in [7, 11) is 1.33. The number of aromatic hydroxyl groups is 3. The summed E-state index contributed by atoms with van der Waals surface area (Å²) in [5.74, 6) is -3.64. The predicted molar refractivity (Wildman–Crippen MR) is 183 cm³/mol. The molecule has 14 heteroatoms. The van der Waals surface area contributed by atoms with Crippen molar-refractivity contribution in [2.24, 2.45) is 0 Å². The van der Waals surface area contributed by atoms with Crippen LogP contribution in [-0.4, -0.2) is 86.0 Å². The number of hydrogen-bond donors (Lipinski definition) is 6. The SMILES string of the molecule is COc1cccc2c1C(=O)c1c(O)c3c(c(O)c1C2=O)C[C@@](O)(C(C)=O)C[C@@H]3O[C@@H]1C[C@H](NC(=O)CCc2ccc(O)c(I)c2)[C@H](O)[C@H](C)O1. The number of amides is 1. The number of phenolic OH excluding ortho intramolecular Hbond substituents is 3. The lowest BCUT2D eigenvalue weighted by Crippen LogP contribution is -2.55. The number of methoxy groups -OCH3 is 1. The normalized spacial score (nSPS) is 25.7. The molecule has 50 heavy (non-hydrogen) atoms. The Morgan fingerprint density at radius 2 is 1.78 bits per heavy atom. The highest BCUT2D eigenvalue weighted by atomic mass is 127. The first kappa shape index (κ1) is 35.7. The molecule has 1 heterocycles. The summed E-state index contributed by atoms with van der Waals surface area (Å²) in [6, 6.07) is 8.60. The van der Waals surface area contributed by atoms with Crippen LogP contribution in [0.15, 0.2) is 36.4 Å². The maximum absolute atomic E-state index is 13.9. The Balaban J connectivity index is 1.31. The van der Waals surface area contributed by atoms with Crippen LogP contribution in [-0.2, 0) is 31.9 Å². The lowest BCUT2D eigenvalue weighted by atomic mass is 9.72. The molecule has 6 rings (SSSR count). The van der Waals surface area contributed by atoms with E-state index >= 15 is 0 Å². The zero-order chi connectivity index (χ0) is 36.2. The second-order valence-corrected chi connectivity index (χ2v) is 14.1. The number of phenols is 3. The van der Waals surface area contributed by atoms with Crippen LogP contribution in [0.25, 0.3) is 0 Å². The molecule has 3 aliphatic rings. The van der Waals surface area contributed by atoms with Crippen LogP contribution < -0.4 is 10.1 Å². The Bertz CT molecular complexity index is 1930. The molecular formula is C36H36INO12. The van der Waals surface area contributed by atoms with Crippen LogP contribution >= 0.6 is 22.6 Å². The molecule has 1 aliphatic heterocycles. The van der Waals surface area contributed by atoms with Crippen molar-refractivity contribution < 1.29 is 58.9 Å². The van der Waals surface area contributed by atoms with Crippen molar-refractivity contribution in [2.75, 3.05) is 7.11 Å². The lowest BCUT2D eigenvalue weighted by molar-refractivity contribution is -0.249. The summed E-state index contributed by atoms with van der Waals surface area (Å²) in [6.45, 7) is 2.74. The summed E-state index contributed by atoms with van der Waals surface area (Å²) in [5, 5.41) is 58.2. The van der Waals surface area contributed by atoms with Gasteiger partial charge in [-0.25, -0.2) is 0 Å². The number of hydrogen-bond acceptors (Lipinski definition) is 12. The molecule has 3 aromatic carbocycles. The number of halogens is 1. The quantitative estimate of drug-likeness (QED) is 0.112. The van der Waals surface area contributed by atoms with Crippen LogP contribution in [0.4, 0.5) is 0 Å². The molecule has 0 saturated carbocycles. The number of nitrogens with one attached hydrogen (secondary N) is 1. The third-order valence-corrected chi connectivity index (χ3v) is 10.6. The van der Waals surface area contributed by atoms with E-state index in [0.717, 1.165) is 12.5 Å². The van der Waals surface area contributed by atoms with Crippen LogP contribution in [0.3, 0.4) is 0 Å². The molecule has 1 fully saturated rings. The molecule has 2 aliphatic carbocycles. The second-order valence-electron chi connectivity index (χ2n) is 12.9. The first-order chi connectivity index (χ1) is 23.6. The molecule has 0 unspecified atom stereocenters. The van der Waals surface area contributed by atoms with E-state index in [4.69, 9.17) is 14.2 Å². The minimum atomic E-state index is -2.09. The first-order valence-corrected chi connectivity index (χ1v) is 17.1. The standard InChI is InChI=1S/C36H36INO12/c1-15-31(42)21(38-25(41)10-8-17-7-9-22(40)20(37)11-17)12-26(49-15)50-24-14-36(47,16(2)39)13-19-28(24)35(46)30-29(33(19)44)32(43)18-5-4-6-23(48-3)27(18)34(30)45/h4-7,9,11,15,21,24,26,31,40,42,44,46-47H,8,10,12-14H2,1-3H3,(H,38,41)/t15-,21-,24-,26+,31+,36-/m0/s1. The fourth-order valence-corrected chi connectivity index (χ4v) is 7.59. The predicted octanol–water partition coefficient (Wildman–Crippen LogP) is 3.13. The number of benzene rings is 3. The van der Waals surface area contributed by atoms with Crippen LogP contribution in [0, 0.1) is 3.57 Å². The number of ether oxygens (including phenoxy) is 3. The van der Waals surface area contributed by atoms with E-state index in [1.54, 1.807) is 25.1 Å². The third kappa shape index (κ3) is 6.23. The Morgan fingerprint density at radius 3 is 2.46 bits per heavy atom. The van der Waals surface area contributed by atoms with E-state index < -0.39 is 89.1 Å². The van der Waals surface area contributed by atoms with Gasteiger partial charge in [-0.1, -0.05) is 18.2 Å². The van der Waals surface area contributed by atoms with E-state index in [-0.39, 0.29) is 52.5 Å². The molecule has 13 nitrogen and oxygen atoms in total. The van der Waals surface area contributed by atoms with E-state index in [1.165, 1.54) is 25.3 Å². The zero-order valence-electron chi connectivity index (χ0n) is 27.4. The number of rotatable bonds is 8. The fourth-order valence-electron chi connectivity index (χ4n) is 7.01. The van der Waals surface area contributed by atoms with Gasteiger partial charge in [-0.3, -0.25) is 19.2 Å². The number of carbonyl (C=O) groups excluding carboxylic acids is 4. The zero-order valence-corrected chi connectivity index (χ0v) is 29.5. The number of aliphatic hydroxyl groups is 2. The monoisotopic (exact) mass is 801 g/mol. The number of Topliss-reactive ketones (excluding diaryl/α,β-unsaturated/α-hetero) is 1. The van der Waals surface area contributed by atoms with Crippen molar-refractivity contribution in [2.45, 2.75) is 82.2 Å². The van der Waals surface area contributed by atoms with Gasteiger partial charge in [0, 0.05) is 42.4 Å². The van der Waals surface area contributed by atoms with Crippen molar-refractivity contribution in [1.82, 2.24) is 5.32 Å². The minimum absolute atomic E-state index is 0.0454. The smallest absolute Gasteiger partial charge is 0.220 e. The molecule has 0 bridgehead atoms. The summed E-state index contributed by atoms with van der Waals surface area (Å²) in [6.07, 6.45) is -4.94. The van der Waals surface area contributed by atoms with Gasteiger partial charge in [-0.05, 0) is 66.6 Å². The largest absolute Gasteiger partial charge is 0.507 e. The Kier molecular flexibility index (Phi) is 9.69. The van der Waals surface area contributed by atoms with Gasteiger partial charge >= 0.3 is 0 Å². The summed E-state index contributed by atoms with van der Waals surface area (Å²) >= 11 is 1.99. The fraction of sp³-hybridized carbons (Fsp3) is 0.389. The van der Waals surface area contributed by atoms with Gasteiger partial charge in [0.15, 0.2) is 17.9 Å². The van der Waals surface area contributed by atoms with Gasteiger partial charge in [0.25, 0.3) is 0 Å². The molecule has 1 saturated heterocycles. The highest BCUT2D eigenvalue weighted by Gasteiger charge is 2.49. The minimum Gasteiger partial charge on any atom is -0.507 e. The van der Waals surface area contributed by atoms with E-state index in [0.29, 0.717) is 9.99 Å². The van der Waals surface area contributed by atoms with E-state index in [2.05, 4.69) is 5.32 Å². The van der Waals surface area contributed by atoms with Crippen molar-refractivity contribution in [3.05, 3.63) is 78.9 Å². The molecule has 1 amide bonds. The molecule has 264 valence electrons. The molecule has 3 aromatic rings. The second kappa shape index (κ2) is 13.6. The van der Waals surface area contributed by atoms with Gasteiger partial charge in [-0.2, -0.15) is 0 Å². The molecule has 6 atom stereocenters. The van der Waals surface area contributed by atoms with Crippen molar-refractivity contribution in [1.29, 1.82) is 0 Å². The van der Waals surface area contributed by atoms with Gasteiger partial charge in [-0.15, -0.1) is 0 Å². The summed E-state index contributed by atoms with van der Waals surface area (Å²) in [5.41, 5.74) is -2.55. The number of fused-ring (bicyclic) bond motifs is 3. The van der Waals surface area contributed by atoms with Gasteiger partial charge in [0.05, 0.1) is 45.6 Å². The van der Waals surface area contributed by atoms with Crippen molar-refractivity contribution in [3.63, 3.8) is 0 Å². The molecule has 0 aromatic heterocycles.